The Labute approximate surface area is 235 Å². The summed E-state index contributed by atoms with van der Waals surface area (Å²) in [7, 11) is 1.29. The van der Waals surface area contributed by atoms with Crippen molar-refractivity contribution in [1.82, 2.24) is 20.9 Å². The highest BCUT2D eigenvalue weighted by atomic mass is 16.5. The van der Waals surface area contributed by atoms with E-state index in [4.69, 9.17) is 4.74 Å². The number of carbonyl (C=O) groups is 3. The van der Waals surface area contributed by atoms with Crippen LogP contribution in [-0.4, -0.2) is 66.7 Å². The average Bonchev–Trinajstić information content (AvgIpc) is 2.90. The van der Waals surface area contributed by atoms with Crippen LogP contribution in [0.5, 0.6) is 0 Å². The van der Waals surface area contributed by atoms with Gasteiger partial charge in [0.05, 0.1) is 13.2 Å². The first-order valence-corrected chi connectivity index (χ1v) is 14.8. The average molecular weight is 543 g/mol. The lowest BCUT2D eigenvalue weighted by atomic mass is 9.72. The molecule has 0 spiro atoms. The minimum Gasteiger partial charge on any atom is -0.453 e. The number of amides is 3. The normalized spacial score (nSPS) is 24.0. The third-order valence-electron chi connectivity index (χ3n) is 8.34. The van der Waals surface area contributed by atoms with E-state index in [1.165, 1.54) is 32.8 Å². The lowest BCUT2D eigenvalue weighted by Crippen LogP contribution is -2.59. The number of carbonyl (C=O) groups excluding carboxylic acids is 3. The molecule has 8 nitrogen and oxygen atoms in total. The summed E-state index contributed by atoms with van der Waals surface area (Å²) >= 11 is 0. The van der Waals surface area contributed by atoms with Crippen LogP contribution in [0.25, 0.3) is 0 Å². The van der Waals surface area contributed by atoms with Gasteiger partial charge < -0.3 is 20.7 Å². The molecular weight excluding hydrogens is 492 g/mol. The van der Waals surface area contributed by atoms with Crippen molar-refractivity contribution >= 4 is 17.9 Å². The summed E-state index contributed by atoms with van der Waals surface area (Å²) in [6.45, 7) is 11.7. The maximum Gasteiger partial charge on any atom is 0.407 e. The number of methoxy groups -OCH3 is 1. The van der Waals surface area contributed by atoms with Gasteiger partial charge in [-0.15, -0.1) is 0 Å². The second-order valence-corrected chi connectivity index (χ2v) is 12.6. The van der Waals surface area contributed by atoms with Gasteiger partial charge in [0.2, 0.25) is 11.8 Å². The molecule has 1 saturated heterocycles. The monoisotopic (exact) mass is 542 g/mol. The van der Waals surface area contributed by atoms with Crippen LogP contribution < -0.4 is 16.0 Å². The topological polar surface area (TPSA) is 99.8 Å². The maximum atomic E-state index is 13.5. The number of rotatable bonds is 10. The van der Waals surface area contributed by atoms with Gasteiger partial charge in [-0.1, -0.05) is 63.4 Å². The Morgan fingerprint density at radius 2 is 1.72 bits per heavy atom. The molecule has 3 rings (SSSR count). The quantitative estimate of drug-likeness (QED) is 0.410. The van der Waals surface area contributed by atoms with Gasteiger partial charge >= 0.3 is 6.09 Å². The van der Waals surface area contributed by atoms with E-state index in [0.29, 0.717) is 31.2 Å². The third-order valence-corrected chi connectivity index (χ3v) is 8.34. The Morgan fingerprint density at radius 3 is 2.33 bits per heavy atom. The molecule has 1 saturated carbocycles. The first kappa shape index (κ1) is 30.9. The van der Waals surface area contributed by atoms with Crippen LogP contribution in [-0.2, 0) is 20.7 Å². The fraction of sp³-hybridized carbons (Fsp3) is 0.710. The van der Waals surface area contributed by atoms with E-state index in [0.717, 1.165) is 18.5 Å². The van der Waals surface area contributed by atoms with Crippen LogP contribution in [0.2, 0.25) is 0 Å². The molecule has 0 aromatic heterocycles. The number of ether oxygens (including phenoxy) is 1. The molecule has 1 aromatic carbocycles. The smallest absolute Gasteiger partial charge is 0.407 e. The largest absolute Gasteiger partial charge is 0.453 e. The molecule has 6 atom stereocenters. The summed E-state index contributed by atoms with van der Waals surface area (Å²) in [5.41, 5.74) is 0.847. The van der Waals surface area contributed by atoms with Crippen molar-refractivity contribution in [3.05, 3.63) is 35.9 Å². The zero-order chi connectivity index (χ0) is 28.6. The number of alkyl carbamates (subject to hydrolysis) is 1. The molecule has 39 heavy (non-hydrogen) atoms. The van der Waals surface area contributed by atoms with Crippen LogP contribution in [0.4, 0.5) is 4.79 Å². The lowest BCUT2D eigenvalue weighted by molar-refractivity contribution is -0.132. The molecule has 1 aliphatic heterocycles. The molecule has 0 bridgehead atoms. The van der Waals surface area contributed by atoms with Gasteiger partial charge in [0, 0.05) is 24.7 Å². The number of likely N-dealkylation sites (tertiary alicyclic amines) is 1. The summed E-state index contributed by atoms with van der Waals surface area (Å²) in [4.78, 5) is 41.0. The second kappa shape index (κ2) is 14.1. The first-order valence-electron chi connectivity index (χ1n) is 14.8. The van der Waals surface area contributed by atoms with Crippen molar-refractivity contribution in [1.29, 1.82) is 0 Å². The SMILES string of the molecule is CC[C@H](NC(=O)OC)C(=O)NC(Cc1ccccc1)[C@H](C)CN1CC2CCCCC2C[C@H]1C(=O)NC(C)(C)C. The summed E-state index contributed by atoms with van der Waals surface area (Å²) in [5, 5.41) is 9.11. The standard InChI is InChI=1S/C31H50N4O4/c1-7-25(33-30(38)39-6)28(36)32-26(17-22-13-9-8-10-14-22)21(2)19-35-20-24-16-12-11-15-23(24)18-27(35)29(37)34-31(3,4)5/h8-10,13-14,21,23-27H,7,11-12,15-20H2,1-6H3,(H,32,36)(H,33,38)(H,34,37)/t21-,23?,24?,25+,26?,27+/m1/s1. The fourth-order valence-corrected chi connectivity index (χ4v) is 6.22. The Hall–Kier alpha value is -2.61. The van der Waals surface area contributed by atoms with E-state index in [1.807, 2.05) is 45.9 Å². The van der Waals surface area contributed by atoms with Crippen molar-refractivity contribution in [3.63, 3.8) is 0 Å². The van der Waals surface area contributed by atoms with E-state index in [1.54, 1.807) is 0 Å². The number of fused-ring (bicyclic) bond motifs is 1. The van der Waals surface area contributed by atoms with Crippen molar-refractivity contribution in [2.75, 3.05) is 20.2 Å². The van der Waals surface area contributed by atoms with Crippen LogP contribution in [0.1, 0.15) is 78.7 Å². The van der Waals surface area contributed by atoms with Crippen molar-refractivity contribution in [2.24, 2.45) is 17.8 Å². The number of hydrogen-bond donors (Lipinski definition) is 3. The summed E-state index contributed by atoms with van der Waals surface area (Å²) in [5.74, 6) is 1.20. The number of hydrogen-bond acceptors (Lipinski definition) is 5. The van der Waals surface area contributed by atoms with Gasteiger partial charge in [0.1, 0.15) is 6.04 Å². The molecule has 8 heteroatoms. The van der Waals surface area contributed by atoms with Gasteiger partial charge in [0.25, 0.3) is 0 Å². The number of nitrogens with zero attached hydrogens (tertiary/aromatic N) is 1. The zero-order valence-electron chi connectivity index (χ0n) is 24.8. The minimum atomic E-state index is -0.675. The summed E-state index contributed by atoms with van der Waals surface area (Å²) < 4.78 is 4.72. The van der Waals surface area contributed by atoms with E-state index in [2.05, 4.69) is 39.9 Å². The Morgan fingerprint density at radius 1 is 1.05 bits per heavy atom. The predicted octanol–water partition coefficient (Wildman–Crippen LogP) is 4.28. The third kappa shape index (κ3) is 9.23. The molecular formula is C31H50N4O4. The van der Waals surface area contributed by atoms with E-state index in [-0.39, 0.29) is 35.4 Å². The minimum absolute atomic E-state index is 0.0786. The van der Waals surface area contributed by atoms with Gasteiger partial charge in [-0.05, 0) is 69.8 Å². The van der Waals surface area contributed by atoms with Gasteiger partial charge in [-0.25, -0.2) is 4.79 Å². The predicted molar refractivity (Wildman–Crippen MR) is 154 cm³/mol. The molecule has 3 N–H and O–H groups in total. The highest BCUT2D eigenvalue weighted by Gasteiger charge is 2.41. The molecule has 1 heterocycles. The van der Waals surface area contributed by atoms with Crippen molar-refractivity contribution in [3.8, 4) is 0 Å². The highest BCUT2D eigenvalue weighted by Crippen LogP contribution is 2.39. The van der Waals surface area contributed by atoms with Crippen LogP contribution in [0.15, 0.2) is 30.3 Å². The Bertz CT molecular complexity index is 948. The molecule has 2 aliphatic rings. The number of benzene rings is 1. The molecule has 1 aliphatic carbocycles. The first-order chi connectivity index (χ1) is 18.5. The number of nitrogens with one attached hydrogen (secondary N) is 3. The zero-order valence-corrected chi connectivity index (χ0v) is 24.8. The van der Waals surface area contributed by atoms with Crippen molar-refractivity contribution < 1.29 is 19.1 Å². The van der Waals surface area contributed by atoms with Crippen LogP contribution in [0, 0.1) is 17.8 Å². The van der Waals surface area contributed by atoms with Crippen LogP contribution >= 0.6 is 0 Å². The molecule has 3 amide bonds. The van der Waals surface area contributed by atoms with Crippen molar-refractivity contribution in [2.45, 2.75) is 103 Å². The number of piperidine rings is 1. The molecule has 3 unspecified atom stereocenters. The molecule has 2 fully saturated rings. The van der Waals surface area contributed by atoms with Gasteiger partial charge in [-0.3, -0.25) is 14.5 Å². The van der Waals surface area contributed by atoms with Crippen LogP contribution in [0.3, 0.4) is 0 Å². The molecule has 0 radical (unpaired) electrons. The summed E-state index contributed by atoms with van der Waals surface area (Å²) in [6.07, 6.45) is 6.37. The second-order valence-electron chi connectivity index (χ2n) is 12.6. The maximum absolute atomic E-state index is 13.5. The van der Waals surface area contributed by atoms with E-state index < -0.39 is 12.1 Å². The Kier molecular flexibility index (Phi) is 11.2. The molecule has 218 valence electrons. The van der Waals surface area contributed by atoms with Gasteiger partial charge in [-0.2, -0.15) is 0 Å². The summed E-state index contributed by atoms with van der Waals surface area (Å²) in [6, 6.07) is 9.14. The van der Waals surface area contributed by atoms with Gasteiger partial charge in [0.15, 0.2) is 0 Å². The Balaban J connectivity index is 1.80. The lowest BCUT2D eigenvalue weighted by Gasteiger charge is -2.47. The highest BCUT2D eigenvalue weighted by molar-refractivity contribution is 5.85. The van der Waals surface area contributed by atoms with E-state index >= 15 is 0 Å². The molecule has 1 aromatic rings. The van der Waals surface area contributed by atoms with E-state index in [9.17, 15) is 14.4 Å². The fourth-order valence-electron chi connectivity index (χ4n) is 6.22.